The molecule has 2 unspecified atom stereocenters. The average Bonchev–Trinajstić information content (AvgIpc) is 2.84. The smallest absolute Gasteiger partial charge is 0.225 e. The van der Waals surface area contributed by atoms with Gasteiger partial charge in [-0.05, 0) is 23.5 Å². The number of hydrogen-bond acceptors (Lipinski definition) is 2. The highest BCUT2D eigenvalue weighted by atomic mass is 16.2. The van der Waals surface area contributed by atoms with Crippen molar-refractivity contribution in [2.45, 2.75) is 45.6 Å². The number of nitrogens with one attached hydrogen (secondary N) is 2. The van der Waals surface area contributed by atoms with E-state index in [4.69, 9.17) is 0 Å². The Morgan fingerprint density at radius 3 is 2.38 bits per heavy atom. The van der Waals surface area contributed by atoms with Gasteiger partial charge in [0.25, 0.3) is 0 Å². The molecule has 4 nitrogen and oxygen atoms in total. The van der Waals surface area contributed by atoms with Crippen molar-refractivity contribution in [2.24, 2.45) is 5.92 Å². The standard InChI is InChI=1S/C17H24N2O2/c1-11(19-16(21)13-9-15(20)18-10-13)12-5-7-14(8-6-12)17(2,3)4/h5-8,11,13H,9-10H2,1-4H3,(H,18,20)(H,19,21). The van der Waals surface area contributed by atoms with Gasteiger partial charge in [-0.1, -0.05) is 45.0 Å². The van der Waals surface area contributed by atoms with Crippen molar-refractivity contribution in [3.8, 4) is 0 Å². The van der Waals surface area contributed by atoms with Crippen LogP contribution in [-0.2, 0) is 15.0 Å². The van der Waals surface area contributed by atoms with Gasteiger partial charge in [0.2, 0.25) is 11.8 Å². The van der Waals surface area contributed by atoms with E-state index in [0.29, 0.717) is 13.0 Å². The van der Waals surface area contributed by atoms with E-state index in [9.17, 15) is 9.59 Å². The van der Waals surface area contributed by atoms with Crippen LogP contribution < -0.4 is 10.6 Å². The zero-order valence-electron chi connectivity index (χ0n) is 13.2. The molecule has 2 rings (SSSR count). The first-order valence-electron chi connectivity index (χ1n) is 7.45. The van der Waals surface area contributed by atoms with Gasteiger partial charge < -0.3 is 10.6 Å². The highest BCUT2D eigenvalue weighted by Crippen LogP contribution is 2.24. The topological polar surface area (TPSA) is 58.2 Å². The van der Waals surface area contributed by atoms with Gasteiger partial charge in [-0.2, -0.15) is 0 Å². The van der Waals surface area contributed by atoms with Crippen molar-refractivity contribution in [1.82, 2.24) is 10.6 Å². The molecule has 21 heavy (non-hydrogen) atoms. The zero-order chi connectivity index (χ0) is 15.6. The normalized spacial score (nSPS) is 20.0. The van der Waals surface area contributed by atoms with Crippen molar-refractivity contribution in [3.05, 3.63) is 35.4 Å². The lowest BCUT2D eigenvalue weighted by atomic mass is 9.86. The van der Waals surface area contributed by atoms with Crippen molar-refractivity contribution >= 4 is 11.8 Å². The lowest BCUT2D eigenvalue weighted by Crippen LogP contribution is -2.33. The molecule has 0 radical (unpaired) electrons. The number of hydrogen-bond donors (Lipinski definition) is 2. The summed E-state index contributed by atoms with van der Waals surface area (Å²) in [4.78, 5) is 23.3. The number of carbonyl (C=O) groups excluding carboxylic acids is 2. The molecule has 1 aromatic rings. The van der Waals surface area contributed by atoms with Gasteiger partial charge >= 0.3 is 0 Å². The molecule has 1 aromatic carbocycles. The summed E-state index contributed by atoms with van der Waals surface area (Å²) in [6, 6.07) is 8.28. The SMILES string of the molecule is CC(NC(=O)C1CNC(=O)C1)c1ccc(C(C)(C)C)cc1. The third kappa shape index (κ3) is 3.84. The molecule has 1 fully saturated rings. The highest BCUT2D eigenvalue weighted by Gasteiger charge is 2.28. The Labute approximate surface area is 126 Å². The lowest BCUT2D eigenvalue weighted by Gasteiger charge is -2.21. The highest BCUT2D eigenvalue weighted by molar-refractivity contribution is 5.89. The van der Waals surface area contributed by atoms with Gasteiger partial charge in [-0.15, -0.1) is 0 Å². The molecule has 2 atom stereocenters. The van der Waals surface area contributed by atoms with Gasteiger partial charge in [0.05, 0.1) is 12.0 Å². The molecule has 0 bridgehead atoms. The van der Waals surface area contributed by atoms with Crippen LogP contribution in [-0.4, -0.2) is 18.4 Å². The maximum atomic E-state index is 12.1. The minimum absolute atomic E-state index is 0.0441. The minimum Gasteiger partial charge on any atom is -0.355 e. The maximum Gasteiger partial charge on any atom is 0.225 e. The third-order valence-electron chi connectivity index (χ3n) is 3.98. The quantitative estimate of drug-likeness (QED) is 0.896. The molecule has 0 aliphatic carbocycles. The fourth-order valence-electron chi connectivity index (χ4n) is 2.48. The average molecular weight is 288 g/mol. The van der Waals surface area contributed by atoms with Gasteiger partial charge in [0.15, 0.2) is 0 Å². The molecule has 4 heteroatoms. The van der Waals surface area contributed by atoms with E-state index in [1.807, 2.05) is 6.92 Å². The summed E-state index contributed by atoms with van der Waals surface area (Å²) in [5.74, 6) is -0.341. The fourth-order valence-corrected chi connectivity index (χ4v) is 2.48. The third-order valence-corrected chi connectivity index (χ3v) is 3.98. The number of benzene rings is 1. The first-order chi connectivity index (χ1) is 9.77. The van der Waals surface area contributed by atoms with Crippen LogP contribution in [0.2, 0.25) is 0 Å². The molecule has 1 saturated heterocycles. The lowest BCUT2D eigenvalue weighted by molar-refractivity contribution is -0.127. The van der Waals surface area contributed by atoms with E-state index in [1.54, 1.807) is 0 Å². The molecular weight excluding hydrogens is 264 g/mol. The molecule has 0 spiro atoms. The molecule has 1 heterocycles. The van der Waals surface area contributed by atoms with E-state index in [1.165, 1.54) is 5.56 Å². The first kappa shape index (κ1) is 15.5. The predicted octanol–water partition coefficient (Wildman–Crippen LogP) is 2.30. The zero-order valence-corrected chi connectivity index (χ0v) is 13.2. The van der Waals surface area contributed by atoms with Crippen LogP contribution in [0.1, 0.15) is 51.3 Å². The van der Waals surface area contributed by atoms with Crippen LogP contribution in [0, 0.1) is 5.92 Å². The van der Waals surface area contributed by atoms with E-state index >= 15 is 0 Å². The summed E-state index contributed by atoms with van der Waals surface area (Å²) in [5, 5.41) is 5.67. The van der Waals surface area contributed by atoms with Crippen LogP contribution in [0.5, 0.6) is 0 Å². The first-order valence-corrected chi connectivity index (χ1v) is 7.45. The Balaban J connectivity index is 1.98. The Kier molecular flexibility index (Phi) is 4.35. The van der Waals surface area contributed by atoms with E-state index in [0.717, 1.165) is 5.56 Å². The minimum atomic E-state index is -0.242. The molecule has 0 saturated carbocycles. The number of amides is 2. The number of rotatable bonds is 3. The summed E-state index contributed by atoms with van der Waals surface area (Å²) in [7, 11) is 0. The van der Waals surface area contributed by atoms with E-state index in [2.05, 4.69) is 55.7 Å². The molecular formula is C17H24N2O2. The van der Waals surface area contributed by atoms with Gasteiger partial charge in [0, 0.05) is 13.0 Å². The van der Waals surface area contributed by atoms with Crippen molar-refractivity contribution in [3.63, 3.8) is 0 Å². The summed E-state index contributed by atoms with van der Waals surface area (Å²) in [5.41, 5.74) is 2.48. The van der Waals surface area contributed by atoms with Gasteiger partial charge in [0.1, 0.15) is 0 Å². The van der Waals surface area contributed by atoms with Crippen LogP contribution in [0.15, 0.2) is 24.3 Å². The van der Waals surface area contributed by atoms with Crippen LogP contribution in [0.3, 0.4) is 0 Å². The molecule has 2 amide bonds. The molecule has 1 aliphatic heterocycles. The predicted molar refractivity (Wildman–Crippen MR) is 82.8 cm³/mol. The van der Waals surface area contributed by atoms with Crippen molar-refractivity contribution < 1.29 is 9.59 Å². The summed E-state index contributed by atoms with van der Waals surface area (Å²) < 4.78 is 0. The molecule has 0 aromatic heterocycles. The Hall–Kier alpha value is -1.84. The van der Waals surface area contributed by atoms with Gasteiger partial charge in [-0.25, -0.2) is 0 Å². The summed E-state index contributed by atoms with van der Waals surface area (Å²) >= 11 is 0. The van der Waals surface area contributed by atoms with Crippen molar-refractivity contribution in [1.29, 1.82) is 0 Å². The molecule has 1 aliphatic rings. The van der Waals surface area contributed by atoms with E-state index < -0.39 is 0 Å². The second-order valence-corrected chi connectivity index (χ2v) is 6.81. The second kappa shape index (κ2) is 5.88. The Bertz CT molecular complexity index is 529. The Morgan fingerprint density at radius 1 is 1.29 bits per heavy atom. The van der Waals surface area contributed by atoms with Crippen LogP contribution in [0.25, 0.3) is 0 Å². The molecule has 114 valence electrons. The largest absolute Gasteiger partial charge is 0.355 e. The molecule has 2 N–H and O–H groups in total. The van der Waals surface area contributed by atoms with Crippen LogP contribution >= 0.6 is 0 Å². The Morgan fingerprint density at radius 2 is 1.90 bits per heavy atom. The second-order valence-electron chi connectivity index (χ2n) is 6.81. The van der Waals surface area contributed by atoms with E-state index in [-0.39, 0.29) is 29.2 Å². The van der Waals surface area contributed by atoms with Crippen LogP contribution in [0.4, 0.5) is 0 Å². The summed E-state index contributed by atoms with van der Waals surface area (Å²) in [6.45, 7) is 8.94. The number of carbonyl (C=O) groups is 2. The van der Waals surface area contributed by atoms with Gasteiger partial charge in [-0.3, -0.25) is 9.59 Å². The monoisotopic (exact) mass is 288 g/mol. The maximum absolute atomic E-state index is 12.1. The fraction of sp³-hybridized carbons (Fsp3) is 0.529. The summed E-state index contributed by atoms with van der Waals surface area (Å²) in [6.07, 6.45) is 0.293. The van der Waals surface area contributed by atoms with Crippen molar-refractivity contribution in [2.75, 3.05) is 6.54 Å².